The summed E-state index contributed by atoms with van der Waals surface area (Å²) in [6.07, 6.45) is 0. The number of benzene rings is 2. The number of hydrogen-bond donors (Lipinski definition) is 1. The Bertz CT molecular complexity index is 752. The molecule has 1 amide bonds. The molecule has 1 N–H and O–H groups in total. The molecule has 24 heavy (non-hydrogen) atoms. The van der Waals surface area contributed by atoms with Gasteiger partial charge in [-0.25, -0.2) is 9.59 Å². The maximum absolute atomic E-state index is 11.9. The lowest BCUT2D eigenvalue weighted by Crippen LogP contribution is -2.21. The standard InChI is InChI=1S/C18H17NO5/c1-12-5-3-4-6-15(12)18(22)24-11-16(20)19-14-9-7-13(8-10-14)17(21)23-2/h3-10H,11H2,1-2H3,(H,19,20). The van der Waals surface area contributed by atoms with Crippen LogP contribution in [0, 0.1) is 6.92 Å². The monoisotopic (exact) mass is 327 g/mol. The van der Waals surface area contributed by atoms with E-state index in [1.807, 2.05) is 6.07 Å². The number of nitrogens with one attached hydrogen (secondary N) is 1. The second kappa shape index (κ2) is 7.92. The average Bonchev–Trinajstić information content (AvgIpc) is 2.60. The minimum Gasteiger partial charge on any atom is -0.465 e. The Labute approximate surface area is 139 Å². The molecule has 6 nitrogen and oxygen atoms in total. The third-order valence-electron chi connectivity index (χ3n) is 3.29. The number of methoxy groups -OCH3 is 1. The van der Waals surface area contributed by atoms with Crippen molar-refractivity contribution < 1.29 is 23.9 Å². The molecule has 2 aromatic carbocycles. The molecule has 0 aliphatic heterocycles. The van der Waals surface area contributed by atoms with Crippen molar-refractivity contribution in [1.29, 1.82) is 0 Å². The van der Waals surface area contributed by atoms with Crippen LogP contribution in [0.2, 0.25) is 0 Å². The molecular formula is C18H17NO5. The predicted octanol–water partition coefficient (Wildman–Crippen LogP) is 2.58. The smallest absolute Gasteiger partial charge is 0.338 e. The highest BCUT2D eigenvalue weighted by Crippen LogP contribution is 2.11. The lowest BCUT2D eigenvalue weighted by molar-refractivity contribution is -0.119. The summed E-state index contributed by atoms with van der Waals surface area (Å²) in [5.41, 5.74) is 2.06. The zero-order valence-corrected chi connectivity index (χ0v) is 13.4. The van der Waals surface area contributed by atoms with Crippen LogP contribution in [-0.4, -0.2) is 31.6 Å². The van der Waals surface area contributed by atoms with Gasteiger partial charge in [-0.15, -0.1) is 0 Å². The van der Waals surface area contributed by atoms with Crippen molar-refractivity contribution in [3.05, 3.63) is 65.2 Å². The van der Waals surface area contributed by atoms with E-state index in [1.54, 1.807) is 37.3 Å². The molecule has 0 spiro atoms. The van der Waals surface area contributed by atoms with Gasteiger partial charge in [0.05, 0.1) is 18.2 Å². The Balaban J connectivity index is 1.88. The number of carbonyl (C=O) groups excluding carboxylic acids is 3. The Hall–Kier alpha value is -3.15. The fraction of sp³-hybridized carbons (Fsp3) is 0.167. The third-order valence-corrected chi connectivity index (χ3v) is 3.29. The van der Waals surface area contributed by atoms with E-state index in [2.05, 4.69) is 10.1 Å². The van der Waals surface area contributed by atoms with Crippen LogP contribution in [0.4, 0.5) is 5.69 Å². The molecule has 0 aromatic heterocycles. The van der Waals surface area contributed by atoms with Gasteiger partial charge in [0.25, 0.3) is 5.91 Å². The highest BCUT2D eigenvalue weighted by atomic mass is 16.5. The number of amides is 1. The fourth-order valence-corrected chi connectivity index (χ4v) is 2.02. The summed E-state index contributed by atoms with van der Waals surface area (Å²) in [5.74, 6) is -1.48. The van der Waals surface area contributed by atoms with Crippen LogP contribution >= 0.6 is 0 Å². The number of rotatable bonds is 5. The highest BCUT2D eigenvalue weighted by molar-refractivity contribution is 5.96. The molecule has 0 unspecified atom stereocenters. The molecule has 6 heteroatoms. The number of carbonyl (C=O) groups is 3. The van der Waals surface area contributed by atoms with Gasteiger partial charge < -0.3 is 14.8 Å². The molecule has 0 saturated heterocycles. The molecule has 0 radical (unpaired) electrons. The molecule has 0 aliphatic rings. The van der Waals surface area contributed by atoms with Gasteiger partial charge in [-0.3, -0.25) is 4.79 Å². The first-order valence-electron chi connectivity index (χ1n) is 7.22. The van der Waals surface area contributed by atoms with E-state index in [1.165, 1.54) is 19.2 Å². The van der Waals surface area contributed by atoms with Crippen LogP contribution in [0.15, 0.2) is 48.5 Å². The summed E-state index contributed by atoms with van der Waals surface area (Å²) < 4.78 is 9.59. The number of anilines is 1. The van der Waals surface area contributed by atoms with Crippen LogP contribution < -0.4 is 5.32 Å². The molecule has 2 rings (SSSR count). The predicted molar refractivity (Wildman–Crippen MR) is 87.9 cm³/mol. The van der Waals surface area contributed by atoms with E-state index in [0.29, 0.717) is 16.8 Å². The molecule has 0 heterocycles. The van der Waals surface area contributed by atoms with Gasteiger partial charge in [0.15, 0.2) is 6.61 Å². The minimum absolute atomic E-state index is 0.376. The van der Waals surface area contributed by atoms with Crippen molar-refractivity contribution in [1.82, 2.24) is 0 Å². The third kappa shape index (κ3) is 4.42. The van der Waals surface area contributed by atoms with Crippen molar-refractivity contribution in [2.75, 3.05) is 19.0 Å². The maximum Gasteiger partial charge on any atom is 0.338 e. The van der Waals surface area contributed by atoms with Gasteiger partial charge >= 0.3 is 11.9 Å². The average molecular weight is 327 g/mol. The normalized spacial score (nSPS) is 9.92. The van der Waals surface area contributed by atoms with Gasteiger partial charge in [-0.1, -0.05) is 18.2 Å². The van der Waals surface area contributed by atoms with E-state index in [4.69, 9.17) is 4.74 Å². The molecule has 0 bridgehead atoms. The highest BCUT2D eigenvalue weighted by Gasteiger charge is 2.12. The molecule has 124 valence electrons. The van der Waals surface area contributed by atoms with Crippen molar-refractivity contribution in [2.45, 2.75) is 6.92 Å². The van der Waals surface area contributed by atoms with E-state index in [-0.39, 0.29) is 0 Å². The van der Waals surface area contributed by atoms with Gasteiger partial charge in [0, 0.05) is 5.69 Å². The quantitative estimate of drug-likeness (QED) is 0.854. The number of ether oxygens (including phenoxy) is 2. The largest absolute Gasteiger partial charge is 0.465 e. The zero-order valence-electron chi connectivity index (χ0n) is 13.4. The molecule has 2 aromatic rings. The fourth-order valence-electron chi connectivity index (χ4n) is 2.02. The van der Waals surface area contributed by atoms with Crippen molar-refractivity contribution in [3.8, 4) is 0 Å². The summed E-state index contributed by atoms with van der Waals surface area (Å²) in [6, 6.07) is 13.2. The van der Waals surface area contributed by atoms with Gasteiger partial charge in [-0.2, -0.15) is 0 Å². The van der Waals surface area contributed by atoms with Gasteiger partial charge in [0.1, 0.15) is 0 Å². The number of hydrogen-bond acceptors (Lipinski definition) is 5. The summed E-state index contributed by atoms with van der Waals surface area (Å²) >= 11 is 0. The van der Waals surface area contributed by atoms with E-state index in [9.17, 15) is 14.4 Å². The summed E-state index contributed by atoms with van der Waals surface area (Å²) in [7, 11) is 1.29. The Morgan fingerprint density at radius 1 is 0.958 bits per heavy atom. The van der Waals surface area contributed by atoms with E-state index >= 15 is 0 Å². The summed E-state index contributed by atoms with van der Waals surface area (Å²) in [5, 5.41) is 2.58. The Morgan fingerprint density at radius 2 is 1.62 bits per heavy atom. The van der Waals surface area contributed by atoms with E-state index in [0.717, 1.165) is 5.56 Å². The molecule has 0 atom stereocenters. The van der Waals surface area contributed by atoms with Crippen LogP contribution in [0.5, 0.6) is 0 Å². The van der Waals surface area contributed by atoms with Crippen molar-refractivity contribution in [2.24, 2.45) is 0 Å². The zero-order chi connectivity index (χ0) is 17.5. The molecular weight excluding hydrogens is 310 g/mol. The maximum atomic E-state index is 11.9. The minimum atomic E-state index is -0.552. The van der Waals surface area contributed by atoms with Crippen molar-refractivity contribution in [3.63, 3.8) is 0 Å². The van der Waals surface area contributed by atoms with Gasteiger partial charge in [0.2, 0.25) is 0 Å². The lowest BCUT2D eigenvalue weighted by atomic mass is 10.1. The first kappa shape index (κ1) is 17.2. The summed E-state index contributed by atoms with van der Waals surface area (Å²) in [6.45, 7) is 1.39. The topological polar surface area (TPSA) is 81.7 Å². The van der Waals surface area contributed by atoms with Crippen LogP contribution in [0.1, 0.15) is 26.3 Å². The van der Waals surface area contributed by atoms with Crippen LogP contribution in [-0.2, 0) is 14.3 Å². The van der Waals surface area contributed by atoms with E-state index < -0.39 is 24.5 Å². The second-order valence-corrected chi connectivity index (χ2v) is 5.01. The SMILES string of the molecule is COC(=O)c1ccc(NC(=O)COC(=O)c2ccccc2C)cc1. The molecule has 0 aliphatic carbocycles. The van der Waals surface area contributed by atoms with Gasteiger partial charge in [-0.05, 0) is 42.8 Å². The molecule has 0 saturated carbocycles. The molecule has 0 fully saturated rings. The lowest BCUT2D eigenvalue weighted by Gasteiger charge is -2.08. The number of aryl methyl sites for hydroxylation is 1. The summed E-state index contributed by atoms with van der Waals surface area (Å²) in [4.78, 5) is 35.1. The van der Waals surface area contributed by atoms with Crippen LogP contribution in [0.25, 0.3) is 0 Å². The Kier molecular flexibility index (Phi) is 5.68. The van der Waals surface area contributed by atoms with Crippen LogP contribution in [0.3, 0.4) is 0 Å². The number of esters is 2. The second-order valence-electron chi connectivity index (χ2n) is 5.01. The first-order valence-corrected chi connectivity index (χ1v) is 7.22. The van der Waals surface area contributed by atoms with Crippen molar-refractivity contribution >= 4 is 23.5 Å². The Morgan fingerprint density at radius 3 is 2.25 bits per heavy atom. The first-order chi connectivity index (χ1) is 11.5.